The van der Waals surface area contributed by atoms with Crippen LogP contribution in [0, 0.1) is 0 Å². The molecule has 4 rings (SSSR count). The van der Waals surface area contributed by atoms with Crippen LogP contribution in [-0.4, -0.2) is 4.57 Å². The number of fused-ring (bicyclic) bond motifs is 3. The highest BCUT2D eigenvalue weighted by atomic mass is 15.0. The Hall–Kier alpha value is -3.06. The minimum atomic E-state index is 1.17. The van der Waals surface area contributed by atoms with E-state index < -0.39 is 0 Å². The molecule has 4 aromatic rings. The number of rotatable bonds is 3. The Labute approximate surface area is 135 Å². The molecule has 0 saturated heterocycles. The van der Waals surface area contributed by atoms with Crippen molar-refractivity contribution in [1.29, 1.82) is 0 Å². The first-order valence-corrected chi connectivity index (χ1v) is 7.76. The van der Waals surface area contributed by atoms with Crippen LogP contribution in [0.25, 0.3) is 33.4 Å². The van der Waals surface area contributed by atoms with E-state index in [1.54, 1.807) is 0 Å². The van der Waals surface area contributed by atoms with Gasteiger partial charge in [0.2, 0.25) is 0 Å². The molecule has 0 aliphatic heterocycles. The van der Waals surface area contributed by atoms with Gasteiger partial charge in [0.05, 0.1) is 5.52 Å². The maximum Gasteiger partial charge on any atom is 0.0541 e. The highest BCUT2D eigenvalue weighted by molar-refractivity contribution is 6.11. The van der Waals surface area contributed by atoms with Crippen molar-refractivity contribution in [3.8, 4) is 5.69 Å². The summed E-state index contributed by atoms with van der Waals surface area (Å²) in [5, 5.41) is 3.83. The van der Waals surface area contributed by atoms with Crippen molar-refractivity contribution in [3.05, 3.63) is 97.2 Å². The number of aromatic nitrogens is 1. The lowest BCUT2D eigenvalue weighted by atomic mass is 10.0. The molecule has 1 nitrogen and oxygen atoms in total. The van der Waals surface area contributed by atoms with E-state index >= 15 is 0 Å². The van der Waals surface area contributed by atoms with Gasteiger partial charge in [-0.1, -0.05) is 73.3 Å². The molecule has 1 aromatic heterocycles. The summed E-state index contributed by atoms with van der Waals surface area (Å²) in [6, 6.07) is 23.4. The van der Waals surface area contributed by atoms with Gasteiger partial charge in [-0.2, -0.15) is 0 Å². The van der Waals surface area contributed by atoms with Crippen LogP contribution in [-0.2, 0) is 0 Å². The molecular formula is C22H17N. The summed E-state index contributed by atoms with van der Waals surface area (Å²) < 4.78 is 2.25. The fourth-order valence-corrected chi connectivity index (χ4v) is 3.14. The van der Waals surface area contributed by atoms with Crippen molar-refractivity contribution in [2.75, 3.05) is 0 Å². The van der Waals surface area contributed by atoms with Crippen molar-refractivity contribution < 1.29 is 0 Å². The van der Waals surface area contributed by atoms with Gasteiger partial charge in [0, 0.05) is 22.8 Å². The first-order chi connectivity index (χ1) is 11.4. The average Bonchev–Trinajstić information content (AvgIpc) is 3.00. The maximum atomic E-state index is 3.79. The fraction of sp³-hybridized carbons (Fsp3) is 0. The van der Waals surface area contributed by atoms with Crippen LogP contribution in [0.15, 0.2) is 91.7 Å². The van der Waals surface area contributed by atoms with E-state index in [0.29, 0.717) is 0 Å². The molecule has 0 saturated carbocycles. The Morgan fingerprint density at radius 2 is 1.61 bits per heavy atom. The number of benzene rings is 3. The second-order valence-electron chi connectivity index (χ2n) is 5.57. The number of hydrogen-bond acceptors (Lipinski definition) is 0. The van der Waals surface area contributed by atoms with Crippen LogP contribution in [0.4, 0.5) is 0 Å². The summed E-state index contributed by atoms with van der Waals surface area (Å²) in [6.45, 7) is 3.79. The normalized spacial score (nSPS) is 11.5. The molecule has 0 radical (unpaired) electrons. The Morgan fingerprint density at radius 1 is 0.826 bits per heavy atom. The number of allylic oxidation sites excluding steroid dienone is 2. The van der Waals surface area contributed by atoms with Gasteiger partial charge in [0.15, 0.2) is 0 Å². The molecule has 0 fully saturated rings. The predicted octanol–water partition coefficient (Wildman–Crippen LogP) is 5.98. The molecule has 3 aromatic carbocycles. The summed E-state index contributed by atoms with van der Waals surface area (Å²) in [4.78, 5) is 0. The lowest BCUT2D eigenvalue weighted by molar-refractivity contribution is 1.13. The first kappa shape index (κ1) is 13.6. The highest BCUT2D eigenvalue weighted by Gasteiger charge is 2.11. The molecule has 0 atom stereocenters. The minimum absolute atomic E-state index is 1.17. The van der Waals surface area contributed by atoms with E-state index in [-0.39, 0.29) is 0 Å². The van der Waals surface area contributed by atoms with Gasteiger partial charge in [-0.3, -0.25) is 0 Å². The molecule has 1 heteroatoms. The number of nitrogens with zero attached hydrogens (tertiary/aromatic N) is 1. The minimum Gasteiger partial charge on any atom is -0.316 e. The molecule has 0 bridgehead atoms. The molecule has 1 heterocycles. The van der Waals surface area contributed by atoms with Gasteiger partial charge in [-0.05, 0) is 29.0 Å². The second-order valence-corrected chi connectivity index (χ2v) is 5.57. The Kier molecular flexibility index (Phi) is 3.32. The third-order valence-electron chi connectivity index (χ3n) is 4.17. The third-order valence-corrected chi connectivity index (χ3v) is 4.17. The van der Waals surface area contributed by atoms with Crippen LogP contribution in [0.5, 0.6) is 0 Å². The summed E-state index contributed by atoms with van der Waals surface area (Å²) in [6.07, 6.45) is 8.14. The van der Waals surface area contributed by atoms with Gasteiger partial charge >= 0.3 is 0 Å². The van der Waals surface area contributed by atoms with Crippen LogP contribution in [0.2, 0.25) is 0 Å². The average molecular weight is 295 g/mol. The SMILES string of the molecule is C=C/C=C\c1cn(-c2ccccc2)c2ccc3ccccc3c12. The monoisotopic (exact) mass is 295 g/mol. The number of para-hydroxylation sites is 1. The van der Waals surface area contributed by atoms with Crippen LogP contribution < -0.4 is 0 Å². The Morgan fingerprint density at radius 3 is 2.43 bits per heavy atom. The lowest BCUT2D eigenvalue weighted by Crippen LogP contribution is -1.90. The van der Waals surface area contributed by atoms with E-state index in [2.05, 4.69) is 84.1 Å². The van der Waals surface area contributed by atoms with Gasteiger partial charge in [0.1, 0.15) is 0 Å². The molecular weight excluding hydrogens is 278 g/mol. The zero-order valence-electron chi connectivity index (χ0n) is 12.8. The molecule has 0 aliphatic rings. The Bertz CT molecular complexity index is 1020. The molecule has 0 spiro atoms. The van der Waals surface area contributed by atoms with Gasteiger partial charge < -0.3 is 4.57 Å². The van der Waals surface area contributed by atoms with E-state index in [9.17, 15) is 0 Å². The molecule has 0 amide bonds. The smallest absolute Gasteiger partial charge is 0.0541 e. The number of hydrogen-bond donors (Lipinski definition) is 0. The van der Waals surface area contributed by atoms with Crippen molar-refractivity contribution in [2.45, 2.75) is 0 Å². The van der Waals surface area contributed by atoms with E-state index in [1.165, 1.54) is 32.9 Å². The van der Waals surface area contributed by atoms with Gasteiger partial charge in [-0.25, -0.2) is 0 Å². The molecule has 0 aliphatic carbocycles. The zero-order chi connectivity index (χ0) is 15.6. The summed E-state index contributed by atoms with van der Waals surface area (Å²) in [7, 11) is 0. The molecule has 0 N–H and O–H groups in total. The van der Waals surface area contributed by atoms with Crippen molar-refractivity contribution in [1.82, 2.24) is 4.57 Å². The lowest BCUT2D eigenvalue weighted by Gasteiger charge is -2.06. The largest absolute Gasteiger partial charge is 0.316 e. The van der Waals surface area contributed by atoms with Gasteiger partial charge in [-0.15, -0.1) is 0 Å². The Balaban J connectivity index is 2.12. The molecule has 110 valence electrons. The first-order valence-electron chi connectivity index (χ1n) is 7.76. The van der Waals surface area contributed by atoms with Crippen molar-refractivity contribution >= 4 is 27.8 Å². The summed E-state index contributed by atoms with van der Waals surface area (Å²) in [5.74, 6) is 0. The summed E-state index contributed by atoms with van der Waals surface area (Å²) >= 11 is 0. The van der Waals surface area contributed by atoms with E-state index in [0.717, 1.165) is 0 Å². The van der Waals surface area contributed by atoms with Crippen molar-refractivity contribution in [3.63, 3.8) is 0 Å². The standard InChI is InChI=1S/C22H17N/c1-2-3-9-18-16-23(19-11-5-4-6-12-19)21-15-14-17-10-7-8-13-20(17)22(18)21/h2-16H,1H2/b9-3-. The van der Waals surface area contributed by atoms with Crippen LogP contribution in [0.1, 0.15) is 5.56 Å². The van der Waals surface area contributed by atoms with E-state index in [1.807, 2.05) is 18.2 Å². The van der Waals surface area contributed by atoms with Gasteiger partial charge in [0.25, 0.3) is 0 Å². The quantitative estimate of drug-likeness (QED) is 0.409. The third kappa shape index (κ3) is 2.27. The maximum absolute atomic E-state index is 3.79. The fourth-order valence-electron chi connectivity index (χ4n) is 3.14. The van der Waals surface area contributed by atoms with Crippen LogP contribution >= 0.6 is 0 Å². The van der Waals surface area contributed by atoms with Crippen LogP contribution in [0.3, 0.4) is 0 Å². The van der Waals surface area contributed by atoms with E-state index in [4.69, 9.17) is 0 Å². The topological polar surface area (TPSA) is 4.93 Å². The summed E-state index contributed by atoms with van der Waals surface area (Å²) in [5.41, 5.74) is 3.60. The predicted molar refractivity (Wildman–Crippen MR) is 100 cm³/mol. The molecule has 0 unspecified atom stereocenters. The van der Waals surface area contributed by atoms with Crippen molar-refractivity contribution in [2.24, 2.45) is 0 Å². The molecule has 23 heavy (non-hydrogen) atoms. The highest BCUT2D eigenvalue weighted by Crippen LogP contribution is 2.32. The second kappa shape index (κ2) is 5.62. The zero-order valence-corrected chi connectivity index (χ0v) is 12.8.